The van der Waals surface area contributed by atoms with E-state index in [0.29, 0.717) is 32.7 Å². The Bertz CT molecular complexity index is 1050. The second kappa shape index (κ2) is 8.01. The molecule has 0 bridgehead atoms. The van der Waals surface area contributed by atoms with E-state index in [1.54, 1.807) is 42.6 Å². The number of carbonyl (C=O) groups excluding carboxylic acids is 3. The summed E-state index contributed by atoms with van der Waals surface area (Å²) in [6.07, 6.45) is 1.67. The molecular weight excluding hydrogens is 384 g/mol. The van der Waals surface area contributed by atoms with Gasteiger partial charge in [0.15, 0.2) is 0 Å². The summed E-state index contributed by atoms with van der Waals surface area (Å²) in [5.74, 6) is -1.27. The molecule has 0 saturated carbocycles. The SMILES string of the molecule is COC(=O)c1cc(NC(=O)NC(C(N)=O)c2ccc(Cl)cc2)cc2[nH]ccc12. The average molecular weight is 401 g/mol. The van der Waals surface area contributed by atoms with Crippen molar-refractivity contribution in [3.63, 3.8) is 0 Å². The van der Waals surface area contributed by atoms with Gasteiger partial charge in [0.2, 0.25) is 5.91 Å². The Labute approximate surface area is 165 Å². The molecule has 0 aliphatic heterocycles. The summed E-state index contributed by atoms with van der Waals surface area (Å²) in [6, 6.07) is 9.53. The van der Waals surface area contributed by atoms with Gasteiger partial charge in [0.25, 0.3) is 0 Å². The number of urea groups is 1. The number of halogens is 1. The van der Waals surface area contributed by atoms with Crippen LogP contribution in [0.4, 0.5) is 10.5 Å². The number of amides is 3. The van der Waals surface area contributed by atoms with Crippen molar-refractivity contribution in [1.29, 1.82) is 0 Å². The Kier molecular flexibility index (Phi) is 5.51. The maximum absolute atomic E-state index is 12.4. The van der Waals surface area contributed by atoms with Crippen LogP contribution < -0.4 is 16.4 Å². The molecule has 9 heteroatoms. The number of nitrogens with one attached hydrogen (secondary N) is 3. The van der Waals surface area contributed by atoms with Crippen molar-refractivity contribution in [1.82, 2.24) is 10.3 Å². The number of primary amides is 1. The number of H-pyrrole nitrogens is 1. The fourth-order valence-corrected chi connectivity index (χ4v) is 2.92. The number of nitrogens with two attached hydrogens (primary N) is 1. The Balaban J connectivity index is 1.82. The lowest BCUT2D eigenvalue weighted by Crippen LogP contribution is -2.39. The number of hydrogen-bond acceptors (Lipinski definition) is 4. The van der Waals surface area contributed by atoms with E-state index >= 15 is 0 Å². The van der Waals surface area contributed by atoms with Crippen LogP contribution in [-0.2, 0) is 9.53 Å². The molecule has 2 aromatic carbocycles. The van der Waals surface area contributed by atoms with Gasteiger partial charge in [-0.3, -0.25) is 4.79 Å². The zero-order chi connectivity index (χ0) is 20.3. The second-order valence-electron chi connectivity index (χ2n) is 5.94. The molecule has 28 heavy (non-hydrogen) atoms. The number of aromatic amines is 1. The van der Waals surface area contributed by atoms with Crippen molar-refractivity contribution in [2.45, 2.75) is 6.04 Å². The first kappa shape index (κ1) is 19.2. The molecule has 0 aliphatic rings. The van der Waals surface area contributed by atoms with E-state index in [1.807, 2.05) is 0 Å². The van der Waals surface area contributed by atoms with Gasteiger partial charge < -0.3 is 26.1 Å². The van der Waals surface area contributed by atoms with E-state index in [0.717, 1.165) is 0 Å². The molecule has 3 rings (SSSR count). The summed E-state index contributed by atoms with van der Waals surface area (Å²) in [5, 5.41) is 6.26. The molecule has 3 amide bonds. The molecule has 1 aromatic heterocycles. The van der Waals surface area contributed by atoms with E-state index in [-0.39, 0.29) is 0 Å². The molecule has 144 valence electrons. The lowest BCUT2D eigenvalue weighted by molar-refractivity contribution is -0.119. The molecular formula is C19H17ClN4O4. The minimum absolute atomic E-state index is 0.292. The Morgan fingerprint density at radius 3 is 2.50 bits per heavy atom. The monoisotopic (exact) mass is 400 g/mol. The predicted molar refractivity (Wildman–Crippen MR) is 105 cm³/mol. The highest BCUT2D eigenvalue weighted by molar-refractivity contribution is 6.30. The number of fused-ring (bicyclic) bond motifs is 1. The Morgan fingerprint density at radius 1 is 1.14 bits per heavy atom. The maximum atomic E-state index is 12.4. The van der Waals surface area contributed by atoms with Crippen molar-refractivity contribution < 1.29 is 19.1 Å². The van der Waals surface area contributed by atoms with E-state index < -0.39 is 23.9 Å². The van der Waals surface area contributed by atoms with Crippen LogP contribution in [0.25, 0.3) is 10.9 Å². The number of carbonyl (C=O) groups is 3. The zero-order valence-electron chi connectivity index (χ0n) is 14.8. The van der Waals surface area contributed by atoms with Crippen LogP contribution in [0, 0.1) is 0 Å². The van der Waals surface area contributed by atoms with Gasteiger partial charge in [0.05, 0.1) is 12.7 Å². The van der Waals surface area contributed by atoms with Crippen LogP contribution in [0.5, 0.6) is 0 Å². The van der Waals surface area contributed by atoms with Gasteiger partial charge in [-0.05, 0) is 35.9 Å². The number of esters is 1. The first-order valence-electron chi connectivity index (χ1n) is 8.21. The highest BCUT2D eigenvalue weighted by Crippen LogP contribution is 2.24. The third-order valence-electron chi connectivity index (χ3n) is 4.10. The summed E-state index contributed by atoms with van der Waals surface area (Å²) >= 11 is 5.84. The lowest BCUT2D eigenvalue weighted by atomic mass is 10.1. The fourth-order valence-electron chi connectivity index (χ4n) is 2.79. The molecule has 0 fully saturated rings. The van der Waals surface area contributed by atoms with Crippen LogP contribution >= 0.6 is 11.6 Å². The summed E-state index contributed by atoms with van der Waals surface area (Å²) < 4.78 is 4.78. The number of ether oxygens (including phenoxy) is 1. The van der Waals surface area contributed by atoms with Gasteiger partial charge in [-0.25, -0.2) is 9.59 Å². The van der Waals surface area contributed by atoms with Crippen molar-refractivity contribution in [3.8, 4) is 0 Å². The number of aromatic nitrogens is 1. The van der Waals surface area contributed by atoms with Gasteiger partial charge in [-0.1, -0.05) is 23.7 Å². The van der Waals surface area contributed by atoms with E-state index in [2.05, 4.69) is 15.6 Å². The quantitative estimate of drug-likeness (QED) is 0.491. The topological polar surface area (TPSA) is 126 Å². The minimum Gasteiger partial charge on any atom is -0.465 e. The molecule has 0 aliphatic carbocycles. The van der Waals surface area contributed by atoms with Gasteiger partial charge in [0.1, 0.15) is 6.04 Å². The van der Waals surface area contributed by atoms with Gasteiger partial charge in [0, 0.05) is 27.8 Å². The normalized spacial score (nSPS) is 11.6. The van der Waals surface area contributed by atoms with Crippen LogP contribution in [0.1, 0.15) is 22.0 Å². The molecule has 1 atom stereocenters. The molecule has 3 aromatic rings. The third kappa shape index (κ3) is 4.07. The van der Waals surface area contributed by atoms with Crippen LogP contribution in [0.15, 0.2) is 48.7 Å². The van der Waals surface area contributed by atoms with Crippen LogP contribution in [0.2, 0.25) is 5.02 Å². The fraction of sp³-hybridized carbons (Fsp3) is 0.105. The third-order valence-corrected chi connectivity index (χ3v) is 4.35. The molecule has 1 heterocycles. The van der Waals surface area contributed by atoms with Crippen molar-refractivity contribution >= 4 is 46.1 Å². The van der Waals surface area contributed by atoms with Crippen molar-refractivity contribution in [2.24, 2.45) is 5.73 Å². The number of methoxy groups -OCH3 is 1. The largest absolute Gasteiger partial charge is 0.465 e. The van der Waals surface area contributed by atoms with Gasteiger partial charge in [-0.15, -0.1) is 0 Å². The molecule has 5 N–H and O–H groups in total. The highest BCUT2D eigenvalue weighted by atomic mass is 35.5. The summed E-state index contributed by atoms with van der Waals surface area (Å²) in [4.78, 5) is 39.2. The van der Waals surface area contributed by atoms with Crippen molar-refractivity contribution in [3.05, 3.63) is 64.8 Å². The number of hydrogen-bond donors (Lipinski definition) is 4. The average Bonchev–Trinajstić information content (AvgIpc) is 3.14. The Morgan fingerprint density at radius 2 is 1.86 bits per heavy atom. The summed E-state index contributed by atoms with van der Waals surface area (Å²) in [7, 11) is 1.28. The van der Waals surface area contributed by atoms with Gasteiger partial charge >= 0.3 is 12.0 Å². The Hall–Kier alpha value is -3.52. The zero-order valence-corrected chi connectivity index (χ0v) is 15.5. The van der Waals surface area contributed by atoms with Gasteiger partial charge in [-0.2, -0.15) is 0 Å². The summed E-state index contributed by atoms with van der Waals surface area (Å²) in [5.41, 5.74) is 7.17. The maximum Gasteiger partial charge on any atom is 0.338 e. The van der Waals surface area contributed by atoms with E-state index in [9.17, 15) is 14.4 Å². The standard InChI is InChI=1S/C19H17ClN4O4/c1-28-18(26)14-8-12(9-15-13(14)6-7-22-15)23-19(27)24-16(17(21)25)10-2-4-11(20)5-3-10/h2-9,16,22H,1H3,(H2,21,25)(H2,23,24,27). The molecule has 1 unspecified atom stereocenters. The predicted octanol–water partition coefficient (Wildman–Crippen LogP) is 2.96. The number of rotatable bonds is 5. The summed E-state index contributed by atoms with van der Waals surface area (Å²) in [6.45, 7) is 0. The second-order valence-corrected chi connectivity index (χ2v) is 6.38. The minimum atomic E-state index is -1.05. The lowest BCUT2D eigenvalue weighted by Gasteiger charge is -2.17. The van der Waals surface area contributed by atoms with Crippen molar-refractivity contribution in [2.75, 3.05) is 12.4 Å². The first-order chi connectivity index (χ1) is 13.4. The van der Waals surface area contributed by atoms with Crippen LogP contribution in [-0.4, -0.2) is 30.0 Å². The molecule has 8 nitrogen and oxygen atoms in total. The molecule has 0 saturated heterocycles. The van der Waals surface area contributed by atoms with Crippen LogP contribution in [0.3, 0.4) is 0 Å². The first-order valence-corrected chi connectivity index (χ1v) is 8.58. The van der Waals surface area contributed by atoms with E-state index in [4.69, 9.17) is 22.1 Å². The highest BCUT2D eigenvalue weighted by Gasteiger charge is 2.21. The number of anilines is 1. The molecule has 0 spiro atoms. The smallest absolute Gasteiger partial charge is 0.338 e. The molecule has 0 radical (unpaired) electrons. The van der Waals surface area contributed by atoms with E-state index in [1.165, 1.54) is 13.2 Å². The number of benzene rings is 2.